The molecule has 0 spiro atoms. The molecule has 0 atom stereocenters. The number of benzene rings is 1. The van der Waals surface area contributed by atoms with E-state index in [1.807, 2.05) is 18.6 Å². The van der Waals surface area contributed by atoms with Crippen LogP contribution >= 0.6 is 0 Å². The molecule has 0 saturated heterocycles. The van der Waals surface area contributed by atoms with Crippen molar-refractivity contribution >= 4 is 0 Å². The van der Waals surface area contributed by atoms with Gasteiger partial charge in [0.05, 0.1) is 17.1 Å². The molecule has 180 valence electrons. The fourth-order valence-electron chi connectivity index (χ4n) is 4.02. The second-order valence-corrected chi connectivity index (χ2v) is 9.39. The maximum Gasteiger partial charge on any atom is 0.0544 e. The number of aryl methyl sites for hydroxylation is 3. The third-order valence-electron chi connectivity index (χ3n) is 6.06. The van der Waals surface area contributed by atoms with Gasteiger partial charge in [0.1, 0.15) is 0 Å². The summed E-state index contributed by atoms with van der Waals surface area (Å²) in [5.41, 5.74) is 8.12. The lowest BCUT2D eigenvalue weighted by atomic mass is 10.2. The first-order valence-corrected chi connectivity index (χ1v) is 12.3. The van der Waals surface area contributed by atoms with Crippen LogP contribution in [-0.4, -0.2) is 37.8 Å². The molecule has 1 aromatic carbocycles. The van der Waals surface area contributed by atoms with E-state index in [0.29, 0.717) is 0 Å². The highest BCUT2D eigenvalue weighted by atomic mass is 15.2. The lowest BCUT2D eigenvalue weighted by Gasteiger charge is -2.27. The summed E-state index contributed by atoms with van der Waals surface area (Å²) in [6.45, 7) is 11.3. The third kappa shape index (κ3) is 8.09. The Morgan fingerprint density at radius 3 is 1.26 bits per heavy atom. The molecule has 0 aliphatic carbocycles. The zero-order chi connectivity index (χ0) is 24.5. The summed E-state index contributed by atoms with van der Waals surface area (Å²) >= 11 is 0. The molecule has 0 aliphatic heterocycles. The summed E-state index contributed by atoms with van der Waals surface area (Å²) in [5, 5.41) is 0. The minimum atomic E-state index is 0.789. The van der Waals surface area contributed by atoms with E-state index in [4.69, 9.17) is 0 Å². The number of hydrogen-bond donors (Lipinski definition) is 0. The Kier molecular flexibility index (Phi) is 8.71. The second-order valence-electron chi connectivity index (χ2n) is 9.39. The van der Waals surface area contributed by atoms with E-state index >= 15 is 0 Å². The number of hydrogen-bond acceptors (Lipinski definition) is 5. The number of pyridine rings is 3. The molecule has 0 radical (unpaired) electrons. The standard InChI is InChI=1S/C30H35N5/c1-24-9-12-28(31-17-24)21-34(20-27-7-5-4-6-8-27)15-16-35(22-29-13-10-25(2)18-32-29)23-30-14-11-26(3)19-33-30/h4-14,17-19H,15-16,20-23H2,1-3H3. The maximum atomic E-state index is 4.66. The Morgan fingerprint density at radius 1 is 0.486 bits per heavy atom. The third-order valence-corrected chi connectivity index (χ3v) is 6.06. The van der Waals surface area contributed by atoms with Gasteiger partial charge in [-0.25, -0.2) is 0 Å². The number of nitrogens with zero attached hydrogens (tertiary/aromatic N) is 5. The van der Waals surface area contributed by atoms with Crippen LogP contribution in [0.1, 0.15) is 39.3 Å². The van der Waals surface area contributed by atoms with Gasteiger partial charge in [-0.2, -0.15) is 0 Å². The smallest absolute Gasteiger partial charge is 0.0544 e. The molecular weight excluding hydrogens is 430 g/mol. The van der Waals surface area contributed by atoms with E-state index in [1.165, 1.54) is 22.3 Å². The predicted octanol–water partition coefficient (Wildman–Crippen LogP) is 5.50. The molecule has 4 rings (SSSR count). The van der Waals surface area contributed by atoms with Gasteiger partial charge in [0, 0.05) is 57.9 Å². The molecule has 4 aromatic rings. The Hall–Kier alpha value is -3.41. The van der Waals surface area contributed by atoms with Crippen LogP contribution in [0.25, 0.3) is 0 Å². The average Bonchev–Trinajstić information content (AvgIpc) is 2.87. The van der Waals surface area contributed by atoms with Crippen LogP contribution < -0.4 is 0 Å². The van der Waals surface area contributed by atoms with Crippen molar-refractivity contribution in [1.82, 2.24) is 24.8 Å². The van der Waals surface area contributed by atoms with Gasteiger partial charge in [-0.3, -0.25) is 24.8 Å². The van der Waals surface area contributed by atoms with Crippen molar-refractivity contribution in [2.75, 3.05) is 13.1 Å². The average molecular weight is 466 g/mol. The van der Waals surface area contributed by atoms with Crippen LogP contribution in [0.2, 0.25) is 0 Å². The van der Waals surface area contributed by atoms with Crippen molar-refractivity contribution in [3.63, 3.8) is 0 Å². The quantitative estimate of drug-likeness (QED) is 0.293. The van der Waals surface area contributed by atoms with E-state index in [0.717, 1.165) is 56.4 Å². The van der Waals surface area contributed by atoms with E-state index in [9.17, 15) is 0 Å². The van der Waals surface area contributed by atoms with Gasteiger partial charge in [-0.1, -0.05) is 48.5 Å². The highest BCUT2D eigenvalue weighted by Crippen LogP contribution is 2.13. The molecule has 0 amide bonds. The first-order valence-electron chi connectivity index (χ1n) is 12.3. The Labute approximate surface area is 209 Å². The van der Waals surface area contributed by atoms with Crippen molar-refractivity contribution in [1.29, 1.82) is 0 Å². The molecular formula is C30H35N5. The monoisotopic (exact) mass is 465 g/mol. The van der Waals surface area contributed by atoms with Gasteiger partial charge in [0.15, 0.2) is 0 Å². The number of rotatable bonds is 11. The van der Waals surface area contributed by atoms with E-state index < -0.39 is 0 Å². The first kappa shape index (κ1) is 24.7. The van der Waals surface area contributed by atoms with Crippen LogP contribution in [0.4, 0.5) is 0 Å². The molecule has 3 heterocycles. The van der Waals surface area contributed by atoms with Gasteiger partial charge < -0.3 is 0 Å². The maximum absolute atomic E-state index is 4.66. The van der Waals surface area contributed by atoms with Crippen molar-refractivity contribution in [2.45, 2.75) is 47.0 Å². The van der Waals surface area contributed by atoms with Crippen LogP contribution in [0.5, 0.6) is 0 Å². The van der Waals surface area contributed by atoms with Crippen molar-refractivity contribution in [3.05, 3.63) is 125 Å². The molecule has 5 nitrogen and oxygen atoms in total. The highest BCUT2D eigenvalue weighted by molar-refractivity contribution is 5.17. The fraction of sp³-hybridized carbons (Fsp3) is 0.300. The zero-order valence-electron chi connectivity index (χ0n) is 21.1. The minimum absolute atomic E-state index is 0.789. The van der Waals surface area contributed by atoms with Crippen molar-refractivity contribution in [2.24, 2.45) is 0 Å². The minimum Gasteiger partial charge on any atom is -0.292 e. The molecule has 0 unspecified atom stereocenters. The van der Waals surface area contributed by atoms with E-state index in [1.54, 1.807) is 0 Å². The Bertz CT molecular complexity index is 1110. The Morgan fingerprint density at radius 2 is 0.886 bits per heavy atom. The topological polar surface area (TPSA) is 45.2 Å². The fourth-order valence-corrected chi connectivity index (χ4v) is 4.02. The second kappa shape index (κ2) is 12.3. The van der Waals surface area contributed by atoms with Crippen LogP contribution in [-0.2, 0) is 26.2 Å². The van der Waals surface area contributed by atoms with E-state index in [-0.39, 0.29) is 0 Å². The first-order chi connectivity index (χ1) is 17.0. The summed E-state index contributed by atoms with van der Waals surface area (Å²) in [4.78, 5) is 18.9. The molecule has 3 aromatic heterocycles. The zero-order valence-corrected chi connectivity index (χ0v) is 21.1. The normalized spacial score (nSPS) is 11.3. The van der Waals surface area contributed by atoms with Crippen molar-refractivity contribution in [3.8, 4) is 0 Å². The van der Waals surface area contributed by atoms with Gasteiger partial charge in [-0.15, -0.1) is 0 Å². The molecule has 0 saturated carbocycles. The lowest BCUT2D eigenvalue weighted by Crippen LogP contribution is -2.34. The highest BCUT2D eigenvalue weighted by Gasteiger charge is 2.14. The van der Waals surface area contributed by atoms with E-state index in [2.05, 4.69) is 112 Å². The van der Waals surface area contributed by atoms with Crippen LogP contribution in [0.15, 0.2) is 85.3 Å². The predicted molar refractivity (Wildman–Crippen MR) is 142 cm³/mol. The van der Waals surface area contributed by atoms with Gasteiger partial charge >= 0.3 is 0 Å². The molecule has 0 aliphatic rings. The summed E-state index contributed by atoms with van der Waals surface area (Å²) in [6.07, 6.45) is 5.85. The largest absolute Gasteiger partial charge is 0.292 e. The number of aromatic nitrogens is 3. The molecule has 0 bridgehead atoms. The molecule has 35 heavy (non-hydrogen) atoms. The Balaban J connectivity index is 1.49. The summed E-state index contributed by atoms with van der Waals surface area (Å²) in [7, 11) is 0. The van der Waals surface area contributed by atoms with Crippen LogP contribution in [0, 0.1) is 20.8 Å². The van der Waals surface area contributed by atoms with Gasteiger partial charge in [0.2, 0.25) is 0 Å². The van der Waals surface area contributed by atoms with Crippen LogP contribution in [0.3, 0.4) is 0 Å². The summed E-state index contributed by atoms with van der Waals surface area (Å²) < 4.78 is 0. The van der Waals surface area contributed by atoms with Gasteiger partial charge in [-0.05, 0) is 61.2 Å². The summed E-state index contributed by atoms with van der Waals surface area (Å²) in [6, 6.07) is 23.5. The molecule has 0 N–H and O–H groups in total. The molecule has 5 heteroatoms. The van der Waals surface area contributed by atoms with Crippen molar-refractivity contribution < 1.29 is 0 Å². The SMILES string of the molecule is Cc1ccc(CN(CCN(Cc2ccc(C)cn2)Cc2ccc(C)cn2)Cc2ccccc2)nc1. The van der Waals surface area contributed by atoms with Gasteiger partial charge in [0.25, 0.3) is 0 Å². The summed E-state index contributed by atoms with van der Waals surface area (Å²) in [5.74, 6) is 0. The lowest BCUT2D eigenvalue weighted by molar-refractivity contribution is 0.179. The molecule has 0 fully saturated rings.